The third kappa shape index (κ3) is 4.98. The Kier molecular flexibility index (Phi) is 6.02. The quantitative estimate of drug-likeness (QED) is 0.798. The molecule has 0 heterocycles. The van der Waals surface area contributed by atoms with Crippen LogP contribution in [-0.2, 0) is 4.79 Å². The number of benzene rings is 2. The number of rotatable bonds is 5. The zero-order chi connectivity index (χ0) is 16.8. The van der Waals surface area contributed by atoms with E-state index in [1.54, 1.807) is 42.5 Å². The van der Waals surface area contributed by atoms with E-state index in [0.717, 1.165) is 6.42 Å². The van der Waals surface area contributed by atoms with Crippen molar-refractivity contribution in [3.8, 4) is 0 Å². The largest absolute Gasteiger partial charge is 0.326 e. The van der Waals surface area contributed by atoms with Crippen LogP contribution in [0.15, 0.2) is 42.5 Å². The van der Waals surface area contributed by atoms with E-state index in [1.807, 2.05) is 6.92 Å². The lowest BCUT2D eigenvalue weighted by molar-refractivity contribution is -0.116. The standard InChI is InChI=1S/C17H16Cl2N2O2/c1-2-3-16(22)20-13-7-4-11(5-8-13)17(23)21-15-9-6-12(18)10-14(15)19/h4-10H,2-3H2,1H3,(H,20,22)(H,21,23). The van der Waals surface area contributed by atoms with Crippen LogP contribution in [0, 0.1) is 0 Å². The molecule has 23 heavy (non-hydrogen) atoms. The van der Waals surface area contributed by atoms with Crippen LogP contribution >= 0.6 is 23.2 Å². The fourth-order valence-electron chi connectivity index (χ4n) is 1.94. The Hall–Kier alpha value is -2.04. The number of carbonyl (C=O) groups excluding carboxylic acids is 2. The molecule has 6 heteroatoms. The third-order valence-corrected chi connectivity index (χ3v) is 3.64. The van der Waals surface area contributed by atoms with E-state index < -0.39 is 0 Å². The molecule has 0 aliphatic carbocycles. The molecule has 0 unspecified atom stereocenters. The Morgan fingerprint density at radius 2 is 1.70 bits per heavy atom. The molecule has 0 aromatic heterocycles. The van der Waals surface area contributed by atoms with Crippen molar-refractivity contribution >= 4 is 46.4 Å². The lowest BCUT2D eigenvalue weighted by atomic mass is 10.2. The molecular weight excluding hydrogens is 335 g/mol. The van der Waals surface area contributed by atoms with E-state index in [2.05, 4.69) is 10.6 Å². The van der Waals surface area contributed by atoms with Gasteiger partial charge in [-0.05, 0) is 48.9 Å². The summed E-state index contributed by atoms with van der Waals surface area (Å²) in [6.45, 7) is 1.94. The van der Waals surface area contributed by atoms with Gasteiger partial charge in [-0.3, -0.25) is 9.59 Å². The Labute approximate surface area is 144 Å². The van der Waals surface area contributed by atoms with Crippen molar-refractivity contribution in [2.45, 2.75) is 19.8 Å². The first-order valence-electron chi connectivity index (χ1n) is 7.16. The molecule has 2 rings (SSSR count). The third-order valence-electron chi connectivity index (χ3n) is 3.09. The van der Waals surface area contributed by atoms with Crippen molar-refractivity contribution in [2.24, 2.45) is 0 Å². The van der Waals surface area contributed by atoms with Crippen LogP contribution in [0.1, 0.15) is 30.1 Å². The minimum absolute atomic E-state index is 0.0438. The van der Waals surface area contributed by atoms with Gasteiger partial charge in [0.15, 0.2) is 0 Å². The van der Waals surface area contributed by atoms with E-state index in [1.165, 1.54) is 0 Å². The van der Waals surface area contributed by atoms with Crippen molar-refractivity contribution in [2.75, 3.05) is 10.6 Å². The summed E-state index contributed by atoms with van der Waals surface area (Å²) in [5.41, 5.74) is 1.61. The number of hydrogen-bond acceptors (Lipinski definition) is 2. The number of carbonyl (C=O) groups is 2. The summed E-state index contributed by atoms with van der Waals surface area (Å²) in [4.78, 5) is 23.7. The number of hydrogen-bond donors (Lipinski definition) is 2. The molecule has 0 atom stereocenters. The van der Waals surface area contributed by atoms with Crippen molar-refractivity contribution < 1.29 is 9.59 Å². The van der Waals surface area contributed by atoms with Gasteiger partial charge in [0.1, 0.15) is 0 Å². The molecule has 0 aliphatic heterocycles. The molecule has 2 amide bonds. The van der Waals surface area contributed by atoms with Crippen LogP contribution in [0.3, 0.4) is 0 Å². The van der Waals surface area contributed by atoms with Gasteiger partial charge in [0.05, 0.1) is 10.7 Å². The smallest absolute Gasteiger partial charge is 0.255 e. The second kappa shape index (κ2) is 7.99. The minimum atomic E-state index is -0.291. The van der Waals surface area contributed by atoms with Gasteiger partial charge in [-0.15, -0.1) is 0 Å². The van der Waals surface area contributed by atoms with Crippen LogP contribution in [-0.4, -0.2) is 11.8 Å². The fraction of sp³-hybridized carbons (Fsp3) is 0.176. The Morgan fingerprint density at radius 1 is 1.00 bits per heavy atom. The topological polar surface area (TPSA) is 58.2 Å². The second-order valence-corrected chi connectivity index (χ2v) is 5.80. The molecular formula is C17H16Cl2N2O2. The fourth-order valence-corrected chi connectivity index (χ4v) is 2.40. The van der Waals surface area contributed by atoms with Crippen LogP contribution in [0.25, 0.3) is 0 Å². The summed E-state index contributed by atoms with van der Waals surface area (Å²) >= 11 is 11.8. The van der Waals surface area contributed by atoms with Gasteiger partial charge in [0, 0.05) is 22.7 Å². The highest BCUT2D eigenvalue weighted by molar-refractivity contribution is 6.36. The predicted octanol–water partition coefficient (Wildman–Crippen LogP) is 4.98. The summed E-state index contributed by atoms with van der Waals surface area (Å²) in [5, 5.41) is 6.35. The van der Waals surface area contributed by atoms with E-state index in [0.29, 0.717) is 33.4 Å². The first-order chi connectivity index (χ1) is 11.0. The van der Waals surface area contributed by atoms with Crippen LogP contribution in [0.2, 0.25) is 10.0 Å². The van der Waals surface area contributed by atoms with E-state index in [4.69, 9.17) is 23.2 Å². The molecule has 2 N–H and O–H groups in total. The average Bonchev–Trinajstić information content (AvgIpc) is 2.51. The van der Waals surface area contributed by atoms with Crippen molar-refractivity contribution in [1.29, 1.82) is 0 Å². The van der Waals surface area contributed by atoms with Crippen LogP contribution < -0.4 is 10.6 Å². The molecule has 0 saturated heterocycles. The van der Waals surface area contributed by atoms with Gasteiger partial charge < -0.3 is 10.6 Å². The highest BCUT2D eigenvalue weighted by Crippen LogP contribution is 2.25. The van der Waals surface area contributed by atoms with Gasteiger partial charge in [0.25, 0.3) is 5.91 Å². The summed E-state index contributed by atoms with van der Waals surface area (Å²) in [6, 6.07) is 11.5. The monoisotopic (exact) mass is 350 g/mol. The summed E-state index contributed by atoms with van der Waals surface area (Å²) in [7, 11) is 0. The molecule has 2 aromatic carbocycles. The SMILES string of the molecule is CCCC(=O)Nc1ccc(C(=O)Nc2ccc(Cl)cc2Cl)cc1. The van der Waals surface area contributed by atoms with Crippen molar-refractivity contribution in [1.82, 2.24) is 0 Å². The molecule has 120 valence electrons. The number of nitrogens with one attached hydrogen (secondary N) is 2. The normalized spacial score (nSPS) is 10.2. The second-order valence-electron chi connectivity index (χ2n) is 4.95. The molecule has 0 saturated carbocycles. The van der Waals surface area contributed by atoms with E-state index in [9.17, 15) is 9.59 Å². The zero-order valence-electron chi connectivity index (χ0n) is 12.5. The molecule has 2 aromatic rings. The number of anilines is 2. The predicted molar refractivity (Wildman–Crippen MR) is 94.4 cm³/mol. The number of amides is 2. The van der Waals surface area contributed by atoms with E-state index >= 15 is 0 Å². The Morgan fingerprint density at radius 3 is 2.30 bits per heavy atom. The first-order valence-corrected chi connectivity index (χ1v) is 7.91. The van der Waals surface area contributed by atoms with E-state index in [-0.39, 0.29) is 11.8 Å². The summed E-state index contributed by atoms with van der Waals surface area (Å²) in [6.07, 6.45) is 1.26. The van der Waals surface area contributed by atoms with Gasteiger partial charge in [0.2, 0.25) is 5.91 Å². The minimum Gasteiger partial charge on any atom is -0.326 e. The van der Waals surface area contributed by atoms with Crippen LogP contribution in [0.5, 0.6) is 0 Å². The molecule has 0 spiro atoms. The Balaban J connectivity index is 2.04. The maximum atomic E-state index is 12.2. The highest BCUT2D eigenvalue weighted by Gasteiger charge is 2.09. The highest BCUT2D eigenvalue weighted by atomic mass is 35.5. The maximum absolute atomic E-state index is 12.2. The molecule has 0 radical (unpaired) electrons. The van der Waals surface area contributed by atoms with Gasteiger partial charge in [-0.2, -0.15) is 0 Å². The molecule has 0 bridgehead atoms. The van der Waals surface area contributed by atoms with Crippen molar-refractivity contribution in [3.05, 3.63) is 58.1 Å². The van der Waals surface area contributed by atoms with Gasteiger partial charge in [-0.1, -0.05) is 30.1 Å². The summed E-state index contributed by atoms with van der Waals surface area (Å²) < 4.78 is 0. The number of halogens is 2. The van der Waals surface area contributed by atoms with Gasteiger partial charge in [-0.25, -0.2) is 0 Å². The average molecular weight is 351 g/mol. The maximum Gasteiger partial charge on any atom is 0.255 e. The van der Waals surface area contributed by atoms with Crippen molar-refractivity contribution in [3.63, 3.8) is 0 Å². The molecule has 4 nitrogen and oxygen atoms in total. The Bertz CT molecular complexity index is 715. The lowest BCUT2D eigenvalue weighted by Gasteiger charge is -2.09. The molecule has 0 aliphatic rings. The lowest BCUT2D eigenvalue weighted by Crippen LogP contribution is -2.13. The zero-order valence-corrected chi connectivity index (χ0v) is 14.0. The first kappa shape index (κ1) is 17.3. The van der Waals surface area contributed by atoms with Gasteiger partial charge >= 0.3 is 0 Å². The summed E-state index contributed by atoms with van der Waals surface area (Å²) in [5.74, 6) is -0.335. The van der Waals surface area contributed by atoms with Crippen LogP contribution in [0.4, 0.5) is 11.4 Å². The molecule has 0 fully saturated rings.